The van der Waals surface area contributed by atoms with Crippen LogP contribution in [-0.4, -0.2) is 33.3 Å². The zero-order valence-corrected chi connectivity index (χ0v) is 11.7. The molecule has 3 fully saturated rings. The van der Waals surface area contributed by atoms with Crippen molar-refractivity contribution in [3.8, 4) is 0 Å². The molecule has 0 amide bonds. The molecule has 0 radical (unpaired) electrons. The molecule has 2 aliphatic carbocycles. The standard InChI is InChI=1S/C13H24N2O2S/c16-18(17,12-5-7-14-8-6-12)15-9-13(10-1-2-10)11-3-4-11/h10-15H,1-9H2. The van der Waals surface area contributed by atoms with E-state index in [1.807, 2.05) is 0 Å². The third kappa shape index (κ3) is 3.06. The van der Waals surface area contributed by atoms with Crippen LogP contribution in [0.15, 0.2) is 0 Å². The third-order valence-electron chi connectivity index (χ3n) is 4.70. The van der Waals surface area contributed by atoms with Gasteiger partial charge in [-0.3, -0.25) is 0 Å². The number of nitrogens with one attached hydrogen (secondary N) is 2. The molecule has 0 aromatic carbocycles. The highest BCUT2D eigenvalue weighted by molar-refractivity contribution is 7.90. The molecule has 0 atom stereocenters. The summed E-state index contributed by atoms with van der Waals surface area (Å²) >= 11 is 0. The van der Waals surface area contributed by atoms with Crippen molar-refractivity contribution >= 4 is 10.0 Å². The van der Waals surface area contributed by atoms with Crippen LogP contribution in [0.4, 0.5) is 0 Å². The molecule has 18 heavy (non-hydrogen) atoms. The van der Waals surface area contributed by atoms with Crippen LogP contribution in [0, 0.1) is 17.8 Å². The van der Waals surface area contributed by atoms with E-state index in [4.69, 9.17) is 0 Å². The summed E-state index contributed by atoms with van der Waals surface area (Å²) in [6.07, 6.45) is 6.78. The van der Waals surface area contributed by atoms with E-state index in [1.165, 1.54) is 25.7 Å². The van der Waals surface area contributed by atoms with E-state index < -0.39 is 10.0 Å². The molecule has 2 saturated carbocycles. The van der Waals surface area contributed by atoms with Crippen LogP contribution in [0.1, 0.15) is 38.5 Å². The Hall–Kier alpha value is -0.130. The molecule has 0 aromatic heterocycles. The Morgan fingerprint density at radius 1 is 1.00 bits per heavy atom. The molecule has 0 bridgehead atoms. The van der Waals surface area contributed by atoms with Crippen molar-refractivity contribution in [3.05, 3.63) is 0 Å². The minimum absolute atomic E-state index is 0.169. The van der Waals surface area contributed by atoms with Crippen LogP contribution in [-0.2, 0) is 10.0 Å². The number of rotatable bonds is 6. The second-order valence-electron chi connectivity index (χ2n) is 6.18. The zero-order valence-electron chi connectivity index (χ0n) is 10.9. The Labute approximate surface area is 110 Å². The van der Waals surface area contributed by atoms with Crippen LogP contribution in [0.25, 0.3) is 0 Å². The highest BCUT2D eigenvalue weighted by Gasteiger charge is 2.42. The zero-order chi connectivity index (χ0) is 12.6. The highest BCUT2D eigenvalue weighted by Crippen LogP contribution is 2.48. The normalized spacial score (nSPS) is 26.7. The summed E-state index contributed by atoms with van der Waals surface area (Å²) in [5.74, 6) is 2.25. The predicted molar refractivity (Wildman–Crippen MR) is 71.8 cm³/mol. The first kappa shape index (κ1) is 12.9. The average molecular weight is 272 g/mol. The third-order valence-corrected chi connectivity index (χ3v) is 6.62. The van der Waals surface area contributed by atoms with Crippen LogP contribution < -0.4 is 10.0 Å². The molecule has 104 valence electrons. The molecule has 4 nitrogen and oxygen atoms in total. The number of hydrogen-bond donors (Lipinski definition) is 2. The molecule has 3 rings (SSSR count). The lowest BCUT2D eigenvalue weighted by Crippen LogP contribution is -2.43. The van der Waals surface area contributed by atoms with Crippen molar-refractivity contribution in [2.24, 2.45) is 17.8 Å². The van der Waals surface area contributed by atoms with E-state index >= 15 is 0 Å². The van der Waals surface area contributed by atoms with Crippen LogP contribution >= 0.6 is 0 Å². The van der Waals surface area contributed by atoms with Gasteiger partial charge in [-0.05, 0) is 69.4 Å². The van der Waals surface area contributed by atoms with Gasteiger partial charge in [0.05, 0.1) is 5.25 Å². The maximum atomic E-state index is 12.2. The maximum absolute atomic E-state index is 12.2. The second-order valence-corrected chi connectivity index (χ2v) is 8.23. The first-order valence-electron chi connectivity index (χ1n) is 7.36. The van der Waals surface area contributed by atoms with Crippen LogP contribution in [0.5, 0.6) is 0 Å². The molecular weight excluding hydrogens is 248 g/mol. The van der Waals surface area contributed by atoms with E-state index in [0.29, 0.717) is 12.5 Å². The average Bonchev–Trinajstić information content (AvgIpc) is 3.24. The summed E-state index contributed by atoms with van der Waals surface area (Å²) in [6.45, 7) is 2.36. The van der Waals surface area contributed by atoms with Gasteiger partial charge in [0.15, 0.2) is 0 Å². The number of sulfonamides is 1. The number of piperidine rings is 1. The van der Waals surface area contributed by atoms with E-state index in [2.05, 4.69) is 10.0 Å². The topological polar surface area (TPSA) is 58.2 Å². The Balaban J connectivity index is 1.53. The van der Waals surface area contributed by atoms with Gasteiger partial charge in [-0.2, -0.15) is 0 Å². The quantitative estimate of drug-likeness (QED) is 0.761. The lowest BCUT2D eigenvalue weighted by Gasteiger charge is -2.24. The SMILES string of the molecule is O=S(=O)(NCC(C1CC1)C1CC1)C1CCNCC1. The summed E-state index contributed by atoms with van der Waals surface area (Å²) in [6, 6.07) is 0. The largest absolute Gasteiger partial charge is 0.317 e. The van der Waals surface area contributed by atoms with Gasteiger partial charge >= 0.3 is 0 Å². The molecule has 0 aromatic rings. The Kier molecular flexibility index (Phi) is 3.65. The van der Waals surface area contributed by atoms with Crippen molar-refractivity contribution in [1.29, 1.82) is 0 Å². The summed E-state index contributed by atoms with van der Waals surface area (Å²) in [7, 11) is -3.08. The van der Waals surface area contributed by atoms with Crippen molar-refractivity contribution in [2.75, 3.05) is 19.6 Å². The molecule has 1 aliphatic heterocycles. The van der Waals surface area contributed by atoms with Crippen molar-refractivity contribution in [1.82, 2.24) is 10.0 Å². The van der Waals surface area contributed by atoms with Gasteiger partial charge in [-0.15, -0.1) is 0 Å². The van der Waals surface area contributed by atoms with Gasteiger partial charge in [0.25, 0.3) is 0 Å². The molecule has 1 heterocycles. The van der Waals surface area contributed by atoms with E-state index in [1.54, 1.807) is 0 Å². The van der Waals surface area contributed by atoms with E-state index in [-0.39, 0.29) is 5.25 Å². The predicted octanol–water partition coefficient (Wildman–Crippen LogP) is 1.09. The minimum Gasteiger partial charge on any atom is -0.317 e. The lowest BCUT2D eigenvalue weighted by molar-refractivity contribution is 0.398. The monoisotopic (exact) mass is 272 g/mol. The maximum Gasteiger partial charge on any atom is 0.214 e. The Bertz CT molecular complexity index is 370. The first-order valence-corrected chi connectivity index (χ1v) is 8.90. The fourth-order valence-corrected chi connectivity index (χ4v) is 4.72. The van der Waals surface area contributed by atoms with Crippen molar-refractivity contribution in [2.45, 2.75) is 43.8 Å². The molecular formula is C13H24N2O2S. The van der Waals surface area contributed by atoms with Crippen LogP contribution in [0.2, 0.25) is 0 Å². The van der Waals surface area contributed by atoms with Gasteiger partial charge in [0.1, 0.15) is 0 Å². The van der Waals surface area contributed by atoms with Gasteiger partial charge in [-0.1, -0.05) is 0 Å². The fourth-order valence-electron chi connectivity index (χ4n) is 3.20. The highest BCUT2D eigenvalue weighted by atomic mass is 32.2. The Morgan fingerprint density at radius 2 is 1.56 bits per heavy atom. The van der Waals surface area contributed by atoms with Crippen molar-refractivity contribution < 1.29 is 8.42 Å². The summed E-state index contributed by atoms with van der Waals surface area (Å²) in [5, 5.41) is 3.05. The summed E-state index contributed by atoms with van der Waals surface area (Å²) < 4.78 is 27.4. The molecule has 0 spiro atoms. The first-order chi connectivity index (χ1) is 8.67. The molecule has 1 saturated heterocycles. The molecule has 0 unspecified atom stereocenters. The van der Waals surface area contributed by atoms with Gasteiger partial charge in [0, 0.05) is 6.54 Å². The fraction of sp³-hybridized carbons (Fsp3) is 1.00. The minimum atomic E-state index is -3.08. The smallest absolute Gasteiger partial charge is 0.214 e. The second kappa shape index (κ2) is 5.10. The van der Waals surface area contributed by atoms with E-state index in [9.17, 15) is 8.42 Å². The van der Waals surface area contributed by atoms with Crippen molar-refractivity contribution in [3.63, 3.8) is 0 Å². The molecule has 5 heteroatoms. The molecule has 3 aliphatic rings. The van der Waals surface area contributed by atoms with Gasteiger partial charge < -0.3 is 5.32 Å². The van der Waals surface area contributed by atoms with Crippen LogP contribution in [0.3, 0.4) is 0 Å². The van der Waals surface area contributed by atoms with Gasteiger partial charge in [-0.25, -0.2) is 13.1 Å². The number of hydrogen-bond acceptors (Lipinski definition) is 3. The Morgan fingerprint density at radius 3 is 2.06 bits per heavy atom. The molecule has 2 N–H and O–H groups in total. The lowest BCUT2D eigenvalue weighted by atomic mass is 9.99. The van der Waals surface area contributed by atoms with Gasteiger partial charge in [0.2, 0.25) is 10.0 Å². The summed E-state index contributed by atoms with van der Waals surface area (Å²) in [4.78, 5) is 0. The van der Waals surface area contributed by atoms with E-state index in [0.717, 1.165) is 37.8 Å². The summed E-state index contributed by atoms with van der Waals surface area (Å²) in [5.41, 5.74) is 0.